The lowest BCUT2D eigenvalue weighted by molar-refractivity contribution is 0.344. The fraction of sp³-hybridized carbons (Fsp3) is 0.812. The van der Waals surface area contributed by atoms with Gasteiger partial charge in [0, 0.05) is 11.8 Å². The molecular formula is C16H28N4. The van der Waals surface area contributed by atoms with Crippen molar-refractivity contribution in [3.8, 4) is 0 Å². The average Bonchev–Trinajstić information content (AvgIpc) is 2.77. The monoisotopic (exact) mass is 276 g/mol. The standard InChI is InChI=1S/C16H28N4/c1-11-7-9-12(10-8-11)14-15(17)20(18)16(19-14)13-5-3-2-4-6-13/h11-13H,2-10,17-18H2,1H3. The summed E-state index contributed by atoms with van der Waals surface area (Å²) in [5.41, 5.74) is 7.33. The molecule has 0 saturated heterocycles. The van der Waals surface area contributed by atoms with Crippen molar-refractivity contribution in [2.45, 2.75) is 76.5 Å². The van der Waals surface area contributed by atoms with Crippen LogP contribution in [0.2, 0.25) is 0 Å². The number of hydrogen-bond acceptors (Lipinski definition) is 3. The molecule has 0 amide bonds. The van der Waals surface area contributed by atoms with Crippen molar-refractivity contribution in [3.05, 3.63) is 11.5 Å². The third-order valence-electron chi connectivity index (χ3n) is 5.38. The quantitative estimate of drug-likeness (QED) is 0.812. The van der Waals surface area contributed by atoms with Crippen LogP contribution in [0.1, 0.15) is 88.1 Å². The molecule has 3 rings (SSSR count). The number of rotatable bonds is 2. The van der Waals surface area contributed by atoms with Crippen LogP contribution >= 0.6 is 0 Å². The lowest BCUT2D eigenvalue weighted by atomic mass is 9.81. The minimum absolute atomic E-state index is 0.521. The van der Waals surface area contributed by atoms with Gasteiger partial charge in [-0.1, -0.05) is 39.0 Å². The number of aromatic nitrogens is 2. The summed E-state index contributed by atoms with van der Waals surface area (Å²) in [5, 5.41) is 0. The minimum atomic E-state index is 0.521. The maximum Gasteiger partial charge on any atom is 0.146 e. The zero-order chi connectivity index (χ0) is 14.1. The Hall–Kier alpha value is -1.19. The van der Waals surface area contributed by atoms with Crippen molar-refractivity contribution >= 4 is 5.82 Å². The molecule has 4 N–H and O–H groups in total. The average molecular weight is 276 g/mol. The van der Waals surface area contributed by atoms with Gasteiger partial charge < -0.3 is 11.6 Å². The van der Waals surface area contributed by atoms with Crippen molar-refractivity contribution in [2.24, 2.45) is 5.92 Å². The molecule has 4 heteroatoms. The molecule has 2 fully saturated rings. The Morgan fingerprint density at radius 1 is 0.950 bits per heavy atom. The number of imidazole rings is 1. The highest BCUT2D eigenvalue weighted by atomic mass is 15.4. The summed E-state index contributed by atoms with van der Waals surface area (Å²) in [5.74, 6) is 9.85. The summed E-state index contributed by atoms with van der Waals surface area (Å²) < 4.78 is 1.68. The first-order chi connectivity index (χ1) is 9.66. The second kappa shape index (κ2) is 5.66. The third-order valence-corrected chi connectivity index (χ3v) is 5.38. The van der Waals surface area contributed by atoms with Gasteiger partial charge >= 0.3 is 0 Å². The zero-order valence-electron chi connectivity index (χ0n) is 12.6. The molecule has 4 nitrogen and oxygen atoms in total. The maximum absolute atomic E-state index is 6.25. The number of nitrogens with two attached hydrogens (primary N) is 2. The van der Waals surface area contributed by atoms with E-state index in [9.17, 15) is 0 Å². The molecule has 0 radical (unpaired) electrons. The van der Waals surface area contributed by atoms with Gasteiger partial charge in [0.2, 0.25) is 0 Å². The van der Waals surface area contributed by atoms with Crippen LogP contribution in [0.5, 0.6) is 0 Å². The minimum Gasteiger partial charge on any atom is -0.382 e. The van der Waals surface area contributed by atoms with E-state index in [4.69, 9.17) is 16.6 Å². The number of nitrogen functional groups attached to an aromatic ring is 2. The van der Waals surface area contributed by atoms with Gasteiger partial charge in [-0.15, -0.1) is 0 Å². The van der Waals surface area contributed by atoms with E-state index in [0.29, 0.717) is 17.7 Å². The Morgan fingerprint density at radius 2 is 1.60 bits per heavy atom. The number of hydrogen-bond donors (Lipinski definition) is 2. The van der Waals surface area contributed by atoms with Gasteiger partial charge in [0.25, 0.3) is 0 Å². The highest BCUT2D eigenvalue weighted by Crippen LogP contribution is 2.39. The largest absolute Gasteiger partial charge is 0.382 e. The van der Waals surface area contributed by atoms with Gasteiger partial charge in [0.1, 0.15) is 11.6 Å². The molecule has 2 aliphatic carbocycles. The molecule has 0 atom stereocenters. The number of nitrogens with zero attached hydrogens (tertiary/aromatic N) is 2. The van der Waals surface area contributed by atoms with E-state index in [1.165, 1.54) is 57.8 Å². The smallest absolute Gasteiger partial charge is 0.146 e. The van der Waals surface area contributed by atoms with Gasteiger partial charge in [-0.3, -0.25) is 0 Å². The van der Waals surface area contributed by atoms with Crippen LogP contribution in [-0.2, 0) is 0 Å². The van der Waals surface area contributed by atoms with Crippen molar-refractivity contribution in [1.82, 2.24) is 9.66 Å². The van der Waals surface area contributed by atoms with Crippen LogP contribution < -0.4 is 11.6 Å². The van der Waals surface area contributed by atoms with E-state index in [1.807, 2.05) is 0 Å². The third kappa shape index (κ3) is 2.52. The second-order valence-electron chi connectivity index (χ2n) is 6.90. The van der Waals surface area contributed by atoms with Crippen molar-refractivity contribution < 1.29 is 0 Å². The molecule has 1 aromatic rings. The molecule has 20 heavy (non-hydrogen) atoms. The van der Waals surface area contributed by atoms with Crippen LogP contribution in [0.15, 0.2) is 0 Å². The highest BCUT2D eigenvalue weighted by Gasteiger charge is 2.28. The molecule has 0 spiro atoms. The molecule has 0 bridgehead atoms. The first-order valence-corrected chi connectivity index (χ1v) is 8.30. The molecular weight excluding hydrogens is 248 g/mol. The van der Waals surface area contributed by atoms with E-state index in [-0.39, 0.29) is 0 Å². The van der Waals surface area contributed by atoms with Crippen LogP contribution in [0, 0.1) is 5.92 Å². The molecule has 1 heterocycles. The fourth-order valence-electron chi connectivity index (χ4n) is 3.96. The summed E-state index contributed by atoms with van der Waals surface area (Å²) in [6.45, 7) is 2.34. The zero-order valence-corrected chi connectivity index (χ0v) is 12.6. The summed E-state index contributed by atoms with van der Waals surface area (Å²) in [7, 11) is 0. The SMILES string of the molecule is CC1CCC(c2nc(C3CCCCC3)n(N)c2N)CC1. The van der Waals surface area contributed by atoms with Crippen molar-refractivity contribution in [3.63, 3.8) is 0 Å². The van der Waals surface area contributed by atoms with Gasteiger partial charge in [-0.2, -0.15) is 0 Å². The molecule has 0 aromatic carbocycles. The van der Waals surface area contributed by atoms with E-state index >= 15 is 0 Å². The van der Waals surface area contributed by atoms with Gasteiger partial charge in [0.15, 0.2) is 0 Å². The first kappa shape index (κ1) is 13.8. The van der Waals surface area contributed by atoms with E-state index in [0.717, 1.165) is 17.4 Å². The van der Waals surface area contributed by atoms with Gasteiger partial charge in [-0.25, -0.2) is 9.66 Å². The summed E-state index contributed by atoms with van der Waals surface area (Å²) in [6, 6.07) is 0. The van der Waals surface area contributed by atoms with Crippen LogP contribution in [0.3, 0.4) is 0 Å². The highest BCUT2D eigenvalue weighted by molar-refractivity contribution is 5.41. The van der Waals surface area contributed by atoms with Crippen LogP contribution in [0.4, 0.5) is 5.82 Å². The van der Waals surface area contributed by atoms with E-state index < -0.39 is 0 Å². The summed E-state index contributed by atoms with van der Waals surface area (Å²) in [4.78, 5) is 4.89. The summed E-state index contributed by atoms with van der Waals surface area (Å²) in [6.07, 6.45) is 11.4. The van der Waals surface area contributed by atoms with Crippen LogP contribution in [-0.4, -0.2) is 9.66 Å². The predicted octanol–water partition coefficient (Wildman–Crippen LogP) is 3.52. The predicted molar refractivity (Wildman–Crippen MR) is 83.0 cm³/mol. The molecule has 2 aliphatic rings. The van der Waals surface area contributed by atoms with Crippen molar-refractivity contribution in [2.75, 3.05) is 11.6 Å². The molecule has 0 unspecified atom stereocenters. The summed E-state index contributed by atoms with van der Waals surface area (Å²) >= 11 is 0. The van der Waals surface area contributed by atoms with Gasteiger partial charge in [0.05, 0.1) is 5.69 Å². The Bertz CT molecular complexity index is 451. The topological polar surface area (TPSA) is 69.9 Å². The Morgan fingerprint density at radius 3 is 2.25 bits per heavy atom. The van der Waals surface area contributed by atoms with E-state index in [1.54, 1.807) is 4.68 Å². The van der Waals surface area contributed by atoms with Crippen molar-refractivity contribution in [1.29, 1.82) is 0 Å². The van der Waals surface area contributed by atoms with Gasteiger partial charge in [-0.05, 0) is 31.6 Å². The Kier molecular flexibility index (Phi) is 3.90. The lowest BCUT2D eigenvalue weighted by Crippen LogP contribution is -2.19. The molecule has 1 aromatic heterocycles. The molecule has 112 valence electrons. The maximum atomic E-state index is 6.25. The normalized spacial score (nSPS) is 28.6. The number of anilines is 1. The lowest BCUT2D eigenvalue weighted by Gasteiger charge is -2.25. The Labute approximate surface area is 121 Å². The Balaban J connectivity index is 1.81. The second-order valence-corrected chi connectivity index (χ2v) is 6.90. The fourth-order valence-corrected chi connectivity index (χ4v) is 3.96. The first-order valence-electron chi connectivity index (χ1n) is 8.30. The molecule has 2 saturated carbocycles. The van der Waals surface area contributed by atoms with E-state index in [2.05, 4.69) is 6.92 Å². The van der Waals surface area contributed by atoms with Crippen LogP contribution in [0.25, 0.3) is 0 Å². The molecule has 0 aliphatic heterocycles.